The zero-order chi connectivity index (χ0) is 54.4. The van der Waals surface area contributed by atoms with Gasteiger partial charge >= 0.3 is 7.69 Å². The molecular formula is C74H52BBr2O6. The molecule has 9 heteroatoms. The van der Waals surface area contributed by atoms with Gasteiger partial charge in [0.2, 0.25) is 0 Å². The van der Waals surface area contributed by atoms with Crippen molar-refractivity contribution in [3.8, 4) is 61.4 Å². The summed E-state index contributed by atoms with van der Waals surface area (Å²) in [7, 11) is 0.685. The van der Waals surface area contributed by atoms with Crippen molar-refractivity contribution < 1.29 is 27.3 Å². The lowest BCUT2D eigenvalue weighted by Gasteiger charge is -2.06. The van der Waals surface area contributed by atoms with E-state index >= 15 is 0 Å². The first-order chi connectivity index (χ1) is 39.9. The lowest BCUT2D eigenvalue weighted by Crippen LogP contribution is -1.99. The number of furan rings is 4. The minimum Gasteiger partial charge on any atom is -0.537 e. The number of benzene rings is 12. The average Bonchev–Trinajstić information content (AvgIpc) is 3.02. The number of fused-ring (bicyclic) bond motifs is 14. The van der Waals surface area contributed by atoms with Crippen LogP contribution in [0.25, 0.3) is 143 Å². The monoisotopic (exact) mass is 1210 g/mol. The molecule has 83 heavy (non-hydrogen) atoms. The molecular weight excluding hydrogens is 1160 g/mol. The van der Waals surface area contributed by atoms with Gasteiger partial charge in [0, 0.05) is 52.0 Å². The highest BCUT2D eigenvalue weighted by Gasteiger charge is 2.19. The first-order valence-corrected chi connectivity index (χ1v) is 28.0. The van der Waals surface area contributed by atoms with Crippen molar-refractivity contribution in [2.24, 2.45) is 0 Å². The molecule has 16 aromatic rings. The van der Waals surface area contributed by atoms with Gasteiger partial charge in [-0.1, -0.05) is 198 Å². The first-order valence-electron chi connectivity index (χ1n) is 26.4. The second kappa shape index (κ2) is 23.2. The third-order valence-corrected chi connectivity index (χ3v) is 15.8. The van der Waals surface area contributed by atoms with E-state index in [4.69, 9.17) is 27.3 Å². The molecule has 0 unspecified atom stereocenters. The lowest BCUT2D eigenvalue weighted by molar-refractivity contribution is 0.454. The molecule has 401 valence electrons. The van der Waals surface area contributed by atoms with Gasteiger partial charge in [0.15, 0.2) is 22.3 Å². The summed E-state index contributed by atoms with van der Waals surface area (Å²) in [5.74, 6) is 0.624. The average molecular weight is 1210 g/mol. The van der Waals surface area contributed by atoms with Crippen molar-refractivity contribution >= 4 is 127 Å². The van der Waals surface area contributed by atoms with Gasteiger partial charge in [-0.05, 0) is 165 Å². The molecule has 6 nitrogen and oxygen atoms in total. The molecule has 0 aliphatic rings. The van der Waals surface area contributed by atoms with Crippen LogP contribution in [0.4, 0.5) is 0 Å². The standard InChI is InChI=1S/C42H26O2.C18H8Br2O2.C12H10BO2.2CH4/c1-3-9-27(10-4-1)29-13-7-15-31(23-29)33-17-21-39-37(25-33)35-19-20-36-38-26-34(18-22-40(38)44-42(36)41(35)43-39)32-16-8-14-30(24-32)28-11-5-2-6-12-28;19-9-1-5-15-13(7-9)11-3-4-12-14-8-10(20)2-6-16(14)22-18(12)17(11)21-15;14-13-15-12-8-4-7-11(9-12)10-5-2-1-3-6-10;;/h1-26H;1-8H;1-9,14H;2*1H4. The van der Waals surface area contributed by atoms with E-state index < -0.39 is 0 Å². The van der Waals surface area contributed by atoms with Gasteiger partial charge in [0.25, 0.3) is 0 Å². The predicted molar refractivity (Wildman–Crippen MR) is 353 cm³/mol. The Bertz CT molecular complexity index is 4710. The molecule has 0 saturated heterocycles. The molecule has 0 fully saturated rings. The van der Waals surface area contributed by atoms with Crippen LogP contribution < -0.4 is 4.65 Å². The van der Waals surface area contributed by atoms with Crippen molar-refractivity contribution in [1.82, 2.24) is 0 Å². The molecule has 4 aromatic heterocycles. The summed E-state index contributed by atoms with van der Waals surface area (Å²) in [4.78, 5) is 0. The summed E-state index contributed by atoms with van der Waals surface area (Å²) in [6, 6.07) is 89.5. The maximum absolute atomic E-state index is 8.53. The van der Waals surface area contributed by atoms with Crippen LogP contribution in [0.5, 0.6) is 5.75 Å². The highest BCUT2D eigenvalue weighted by molar-refractivity contribution is 9.10. The van der Waals surface area contributed by atoms with Gasteiger partial charge in [-0.2, -0.15) is 0 Å². The van der Waals surface area contributed by atoms with E-state index in [0.717, 1.165) is 119 Å². The number of rotatable bonds is 7. The van der Waals surface area contributed by atoms with Crippen LogP contribution in [0.3, 0.4) is 0 Å². The van der Waals surface area contributed by atoms with Crippen LogP contribution in [0, 0.1) is 0 Å². The Morgan fingerprint density at radius 2 is 0.554 bits per heavy atom. The number of hydrogen-bond acceptors (Lipinski definition) is 6. The van der Waals surface area contributed by atoms with Gasteiger partial charge in [-0.3, -0.25) is 0 Å². The zero-order valence-corrected chi connectivity index (χ0v) is 46.3. The van der Waals surface area contributed by atoms with Gasteiger partial charge in [-0.15, -0.1) is 0 Å². The number of halogens is 2. The lowest BCUT2D eigenvalue weighted by atomic mass is 9.97. The number of hydrogen-bond donors (Lipinski definition) is 1. The second-order valence-electron chi connectivity index (χ2n) is 19.8. The van der Waals surface area contributed by atoms with Crippen molar-refractivity contribution in [3.05, 3.63) is 270 Å². The molecule has 16 rings (SSSR count). The van der Waals surface area contributed by atoms with E-state index in [1.807, 2.05) is 84.9 Å². The molecule has 0 saturated carbocycles. The van der Waals surface area contributed by atoms with Crippen LogP contribution in [-0.2, 0) is 0 Å². The minimum absolute atomic E-state index is 0. The summed E-state index contributed by atoms with van der Waals surface area (Å²) >= 11 is 7.04. The van der Waals surface area contributed by atoms with Crippen molar-refractivity contribution in [2.45, 2.75) is 14.9 Å². The van der Waals surface area contributed by atoms with Crippen LogP contribution in [0.15, 0.2) is 287 Å². The molecule has 0 aliphatic carbocycles. The Hall–Kier alpha value is -9.38. The smallest absolute Gasteiger partial charge is 0.537 e. The fraction of sp³-hybridized carbons (Fsp3) is 0.0270. The normalized spacial score (nSPS) is 11.1. The molecule has 4 heterocycles. The van der Waals surface area contributed by atoms with Crippen molar-refractivity contribution in [1.29, 1.82) is 0 Å². The van der Waals surface area contributed by atoms with E-state index in [0.29, 0.717) is 13.4 Å². The SMILES string of the molecule is Brc1ccc2oc3c(ccc4c5cc(Br)ccc5oc43)c2c1.C.C.O[B]Oc1cccc(-c2ccccc2)c1.c1ccc(-c2cccc(-c3ccc4oc5c(ccc6c7cc(-c8cccc(-c9ccccc9)c8)ccc7oc65)c4c3)c2)cc1. The summed E-state index contributed by atoms with van der Waals surface area (Å²) in [5.41, 5.74) is 18.3. The summed E-state index contributed by atoms with van der Waals surface area (Å²) in [6.07, 6.45) is 0. The highest BCUT2D eigenvalue weighted by atomic mass is 79.9. The Labute approximate surface area is 497 Å². The van der Waals surface area contributed by atoms with Crippen LogP contribution in [0.2, 0.25) is 0 Å². The van der Waals surface area contributed by atoms with E-state index in [2.05, 4.69) is 202 Å². The topological polar surface area (TPSA) is 82.0 Å². The third-order valence-electron chi connectivity index (χ3n) is 14.8. The summed E-state index contributed by atoms with van der Waals surface area (Å²) < 4.78 is 32.0. The van der Waals surface area contributed by atoms with Gasteiger partial charge < -0.3 is 27.3 Å². The zero-order valence-electron chi connectivity index (χ0n) is 43.1. The molecule has 0 aliphatic heterocycles. The van der Waals surface area contributed by atoms with Crippen molar-refractivity contribution in [2.75, 3.05) is 0 Å². The fourth-order valence-corrected chi connectivity index (χ4v) is 11.6. The van der Waals surface area contributed by atoms with E-state index in [1.54, 1.807) is 6.07 Å². The molecule has 0 spiro atoms. The quantitative estimate of drug-likeness (QED) is 0.160. The minimum atomic E-state index is 0. The van der Waals surface area contributed by atoms with E-state index in [9.17, 15) is 0 Å². The van der Waals surface area contributed by atoms with Crippen molar-refractivity contribution in [3.63, 3.8) is 0 Å². The molecule has 12 aromatic carbocycles. The molecule has 0 bridgehead atoms. The van der Waals surface area contributed by atoms with Crippen LogP contribution in [0.1, 0.15) is 14.9 Å². The predicted octanol–water partition coefficient (Wildman–Crippen LogP) is 22.7. The Kier molecular flexibility index (Phi) is 15.2. The molecule has 1 N–H and O–H groups in total. The summed E-state index contributed by atoms with van der Waals surface area (Å²) in [6.45, 7) is 0. The molecule has 0 atom stereocenters. The molecule has 0 amide bonds. The van der Waals surface area contributed by atoms with Crippen LogP contribution >= 0.6 is 31.9 Å². The Morgan fingerprint density at radius 3 is 0.916 bits per heavy atom. The van der Waals surface area contributed by atoms with E-state index in [-0.39, 0.29) is 14.9 Å². The van der Waals surface area contributed by atoms with Gasteiger partial charge in [0.1, 0.15) is 28.1 Å². The fourth-order valence-electron chi connectivity index (χ4n) is 10.9. The second-order valence-corrected chi connectivity index (χ2v) is 21.6. The van der Waals surface area contributed by atoms with Crippen LogP contribution in [-0.4, -0.2) is 12.7 Å². The Balaban J connectivity index is 0.000000144. The maximum atomic E-state index is 8.53. The largest absolute Gasteiger partial charge is 0.569 e. The maximum Gasteiger partial charge on any atom is 0.569 e. The van der Waals surface area contributed by atoms with E-state index in [1.165, 1.54) is 33.4 Å². The Morgan fingerprint density at radius 1 is 0.265 bits per heavy atom. The van der Waals surface area contributed by atoms with Gasteiger partial charge in [-0.25, -0.2) is 0 Å². The third kappa shape index (κ3) is 10.5. The molecule has 1 radical (unpaired) electrons. The highest BCUT2D eigenvalue weighted by Crippen LogP contribution is 2.43. The first kappa shape index (κ1) is 54.2. The van der Waals surface area contributed by atoms with Gasteiger partial charge in [0.05, 0.1) is 0 Å². The summed E-state index contributed by atoms with van der Waals surface area (Å²) in [5, 5.41) is 17.1.